The van der Waals surface area contributed by atoms with Crippen molar-refractivity contribution >= 4 is 6.21 Å². The molecule has 0 spiro atoms. The van der Waals surface area contributed by atoms with Gasteiger partial charge in [-0.15, -0.1) is 0 Å². The first-order valence-electron chi connectivity index (χ1n) is 2.85. The summed E-state index contributed by atoms with van der Waals surface area (Å²) in [5.41, 5.74) is 0. The zero-order valence-corrected chi connectivity index (χ0v) is 7.87. The van der Waals surface area contributed by atoms with Crippen molar-refractivity contribution in [3.8, 4) is 0 Å². The lowest BCUT2D eigenvalue weighted by atomic mass is 10.6. The quantitative estimate of drug-likeness (QED) is 0.369. The SMILES string of the molecule is CC[N+]1(C)C=CC=N1.[I-]. The second kappa shape index (κ2) is 3.31. The van der Waals surface area contributed by atoms with Crippen molar-refractivity contribution in [2.24, 2.45) is 5.10 Å². The van der Waals surface area contributed by atoms with Crippen LogP contribution in [0.3, 0.4) is 0 Å². The van der Waals surface area contributed by atoms with Crippen LogP contribution in [0.5, 0.6) is 0 Å². The predicted molar refractivity (Wildman–Crippen MR) is 34.4 cm³/mol. The van der Waals surface area contributed by atoms with Gasteiger partial charge in [-0.05, 0) is 6.92 Å². The molecule has 1 atom stereocenters. The van der Waals surface area contributed by atoms with E-state index in [9.17, 15) is 0 Å². The van der Waals surface area contributed by atoms with Crippen LogP contribution in [0, 0.1) is 0 Å². The van der Waals surface area contributed by atoms with Crippen LogP contribution in [0.2, 0.25) is 0 Å². The number of hydrogen-bond acceptors (Lipinski definition) is 1. The van der Waals surface area contributed by atoms with E-state index in [4.69, 9.17) is 0 Å². The Morgan fingerprint density at radius 1 is 1.56 bits per heavy atom. The maximum absolute atomic E-state index is 4.19. The standard InChI is InChI=1S/C6H11N2.HI/c1-3-8(2)6-4-5-7-8;/h4-6H,3H2,1-2H3;1H/q+1;/p-1. The molecule has 0 aliphatic carbocycles. The number of hydrogen-bond donors (Lipinski definition) is 0. The Labute approximate surface area is 72.8 Å². The summed E-state index contributed by atoms with van der Waals surface area (Å²) in [6.07, 6.45) is 5.88. The van der Waals surface area contributed by atoms with Gasteiger partial charge in [0.25, 0.3) is 0 Å². The Balaban J connectivity index is 0.000000640. The molecule has 0 N–H and O–H groups in total. The van der Waals surface area contributed by atoms with Gasteiger partial charge >= 0.3 is 0 Å². The van der Waals surface area contributed by atoms with Crippen LogP contribution in [-0.4, -0.2) is 24.4 Å². The van der Waals surface area contributed by atoms with Gasteiger partial charge in [-0.2, -0.15) is 4.59 Å². The van der Waals surface area contributed by atoms with E-state index in [2.05, 4.69) is 25.3 Å². The molecule has 0 saturated heterocycles. The molecule has 9 heavy (non-hydrogen) atoms. The Morgan fingerprint density at radius 3 is 2.44 bits per heavy atom. The van der Waals surface area contributed by atoms with Crippen LogP contribution >= 0.6 is 0 Å². The minimum atomic E-state index is 0. The molecule has 52 valence electrons. The van der Waals surface area contributed by atoms with E-state index in [-0.39, 0.29) is 24.0 Å². The number of nitrogens with zero attached hydrogens (tertiary/aromatic N) is 2. The van der Waals surface area contributed by atoms with Crippen molar-refractivity contribution in [2.45, 2.75) is 6.92 Å². The molecule has 1 unspecified atom stereocenters. The van der Waals surface area contributed by atoms with Crippen LogP contribution in [0.1, 0.15) is 6.92 Å². The molecule has 1 aliphatic heterocycles. The molecule has 3 heteroatoms. The van der Waals surface area contributed by atoms with Gasteiger partial charge in [-0.25, -0.2) is 0 Å². The third kappa shape index (κ3) is 2.06. The van der Waals surface area contributed by atoms with Crippen molar-refractivity contribution in [2.75, 3.05) is 13.6 Å². The lowest BCUT2D eigenvalue weighted by Crippen LogP contribution is -3.00. The summed E-state index contributed by atoms with van der Waals surface area (Å²) in [4.78, 5) is 0. The van der Waals surface area contributed by atoms with Gasteiger partial charge < -0.3 is 24.0 Å². The van der Waals surface area contributed by atoms with Gasteiger partial charge in [-0.1, -0.05) is 5.10 Å². The predicted octanol–water partition coefficient (Wildman–Crippen LogP) is -2.03. The second-order valence-electron chi connectivity index (χ2n) is 2.14. The molecule has 1 rings (SSSR count). The lowest BCUT2D eigenvalue weighted by molar-refractivity contribution is -0.861. The minimum Gasteiger partial charge on any atom is -1.00 e. The largest absolute Gasteiger partial charge is 1.00 e. The van der Waals surface area contributed by atoms with E-state index in [0.29, 0.717) is 4.59 Å². The summed E-state index contributed by atoms with van der Waals surface area (Å²) < 4.78 is 0.708. The molecule has 1 heterocycles. The lowest BCUT2D eigenvalue weighted by Gasteiger charge is -2.16. The van der Waals surface area contributed by atoms with E-state index in [1.54, 1.807) is 0 Å². The van der Waals surface area contributed by atoms with Crippen LogP contribution in [0.4, 0.5) is 0 Å². The maximum Gasteiger partial charge on any atom is 0.124 e. The van der Waals surface area contributed by atoms with Gasteiger partial charge in [0, 0.05) is 6.08 Å². The zero-order valence-electron chi connectivity index (χ0n) is 5.71. The second-order valence-corrected chi connectivity index (χ2v) is 2.14. The Morgan fingerprint density at radius 2 is 2.22 bits per heavy atom. The summed E-state index contributed by atoms with van der Waals surface area (Å²) in [6.45, 7) is 3.15. The molecule has 0 bridgehead atoms. The topological polar surface area (TPSA) is 12.4 Å². The maximum atomic E-state index is 4.19. The number of rotatable bonds is 1. The molecule has 1 aliphatic rings. The molecule has 0 fully saturated rings. The van der Waals surface area contributed by atoms with Gasteiger partial charge in [0.1, 0.15) is 12.7 Å². The molecule has 0 aromatic carbocycles. The average Bonchev–Trinajstić information content (AvgIpc) is 2.17. The summed E-state index contributed by atoms with van der Waals surface area (Å²) >= 11 is 0. The van der Waals surface area contributed by atoms with E-state index in [1.165, 1.54) is 0 Å². The van der Waals surface area contributed by atoms with E-state index < -0.39 is 0 Å². The highest BCUT2D eigenvalue weighted by Crippen LogP contribution is 2.07. The van der Waals surface area contributed by atoms with Gasteiger partial charge in [0.15, 0.2) is 0 Å². The first-order chi connectivity index (χ1) is 3.77. The fourth-order valence-corrected chi connectivity index (χ4v) is 0.640. The first kappa shape index (κ1) is 9.10. The van der Waals surface area contributed by atoms with E-state index >= 15 is 0 Å². The normalized spacial score (nSPS) is 30.4. The monoisotopic (exact) mass is 238 g/mol. The number of quaternary nitrogens is 1. The van der Waals surface area contributed by atoms with Crippen molar-refractivity contribution in [3.63, 3.8) is 0 Å². The zero-order chi connectivity index (χ0) is 6.04. The Kier molecular flexibility index (Phi) is 3.35. The molecule has 0 radical (unpaired) electrons. The van der Waals surface area contributed by atoms with Crippen molar-refractivity contribution in [3.05, 3.63) is 12.3 Å². The van der Waals surface area contributed by atoms with Crippen LogP contribution in [0.25, 0.3) is 0 Å². The van der Waals surface area contributed by atoms with Gasteiger partial charge in [0.05, 0.1) is 13.3 Å². The number of allylic oxidation sites excluding steroid dienone is 1. The minimum absolute atomic E-state index is 0. The molecule has 0 saturated carbocycles. The summed E-state index contributed by atoms with van der Waals surface area (Å²) in [5, 5.41) is 4.19. The third-order valence-corrected chi connectivity index (χ3v) is 1.46. The summed E-state index contributed by atoms with van der Waals surface area (Å²) in [5.74, 6) is 0. The van der Waals surface area contributed by atoms with E-state index in [0.717, 1.165) is 6.54 Å². The Bertz CT molecular complexity index is 128. The van der Waals surface area contributed by atoms with E-state index in [1.807, 2.05) is 12.3 Å². The Hall–Kier alpha value is 0.1000. The average molecular weight is 238 g/mol. The smallest absolute Gasteiger partial charge is 0.124 e. The molecule has 0 aromatic rings. The highest BCUT2D eigenvalue weighted by molar-refractivity contribution is 5.71. The van der Waals surface area contributed by atoms with Crippen molar-refractivity contribution in [1.29, 1.82) is 0 Å². The van der Waals surface area contributed by atoms with Gasteiger partial charge in [0.2, 0.25) is 0 Å². The fourth-order valence-electron chi connectivity index (χ4n) is 0.640. The highest BCUT2D eigenvalue weighted by Gasteiger charge is 2.15. The molecule has 2 nitrogen and oxygen atoms in total. The third-order valence-electron chi connectivity index (χ3n) is 1.46. The fraction of sp³-hybridized carbons (Fsp3) is 0.500. The summed E-state index contributed by atoms with van der Waals surface area (Å²) in [6, 6.07) is 0. The van der Waals surface area contributed by atoms with Crippen molar-refractivity contribution < 1.29 is 28.6 Å². The number of halogens is 1. The molecular formula is C6H11IN2. The molecule has 0 aromatic heterocycles. The summed E-state index contributed by atoms with van der Waals surface area (Å²) in [7, 11) is 2.07. The van der Waals surface area contributed by atoms with Crippen LogP contribution in [-0.2, 0) is 0 Å². The van der Waals surface area contributed by atoms with Gasteiger partial charge in [-0.3, -0.25) is 0 Å². The van der Waals surface area contributed by atoms with Crippen LogP contribution < -0.4 is 24.0 Å². The van der Waals surface area contributed by atoms with Crippen molar-refractivity contribution in [1.82, 2.24) is 0 Å². The van der Waals surface area contributed by atoms with Crippen LogP contribution in [0.15, 0.2) is 17.4 Å². The first-order valence-corrected chi connectivity index (χ1v) is 2.85. The molecule has 0 amide bonds. The highest BCUT2D eigenvalue weighted by atomic mass is 127. The molecular weight excluding hydrogens is 227 g/mol.